The summed E-state index contributed by atoms with van der Waals surface area (Å²) in [5.74, 6) is 0.214. The minimum atomic E-state index is -0.307. The van der Waals surface area contributed by atoms with Gasteiger partial charge in [0.15, 0.2) is 0 Å². The Balaban J connectivity index is 1.45. The van der Waals surface area contributed by atoms with Gasteiger partial charge in [0.2, 0.25) is 5.91 Å². The second kappa shape index (κ2) is 7.12. The Morgan fingerprint density at radius 1 is 1.31 bits per heavy atom. The lowest BCUT2D eigenvalue weighted by atomic mass is 9.69. The lowest BCUT2D eigenvalue weighted by molar-refractivity contribution is -0.132. The highest BCUT2D eigenvalue weighted by Crippen LogP contribution is 2.45. The molecule has 0 aliphatic carbocycles. The van der Waals surface area contributed by atoms with Gasteiger partial charge in [0, 0.05) is 29.9 Å². The molecule has 3 heterocycles. The summed E-state index contributed by atoms with van der Waals surface area (Å²) in [4.78, 5) is 19.1. The fraction of sp³-hybridized carbons (Fsp3) is 0.524. The topological polar surface area (TPSA) is 54.0 Å². The van der Waals surface area contributed by atoms with Crippen LogP contribution >= 0.6 is 11.3 Å². The van der Waals surface area contributed by atoms with Crippen LogP contribution in [-0.2, 0) is 17.6 Å². The number of hydrogen-bond acceptors (Lipinski definition) is 4. The van der Waals surface area contributed by atoms with Gasteiger partial charge in [-0.15, -0.1) is 11.3 Å². The number of benzene rings is 1. The van der Waals surface area contributed by atoms with E-state index in [1.807, 2.05) is 13.0 Å². The number of nitrogens with zero attached hydrogens (tertiary/aromatic N) is 1. The Labute approximate surface area is 159 Å². The lowest BCUT2D eigenvalue weighted by Crippen LogP contribution is -2.50. The maximum absolute atomic E-state index is 13.3. The zero-order chi connectivity index (χ0) is 18.1. The number of carbonyl (C=O) groups excluding carboxylic acids is 1. The van der Waals surface area contributed by atoms with Crippen molar-refractivity contribution in [2.24, 2.45) is 5.41 Å². The highest BCUT2D eigenvalue weighted by Gasteiger charge is 2.55. The van der Waals surface area contributed by atoms with E-state index in [9.17, 15) is 4.79 Å². The Morgan fingerprint density at radius 3 is 2.73 bits per heavy atom. The number of nitrogens with one attached hydrogen (secondary N) is 2. The summed E-state index contributed by atoms with van der Waals surface area (Å²) in [5.41, 5.74) is 2.05. The van der Waals surface area contributed by atoms with Gasteiger partial charge in [-0.2, -0.15) is 0 Å². The smallest absolute Gasteiger partial charge is 0.228 e. The van der Waals surface area contributed by atoms with Gasteiger partial charge >= 0.3 is 0 Å². The average Bonchev–Trinajstić information content (AvgIpc) is 3.31. The second-order valence-electron chi connectivity index (χ2n) is 7.77. The van der Waals surface area contributed by atoms with Crippen LogP contribution in [-0.4, -0.2) is 29.5 Å². The number of thiazole rings is 1. The normalized spacial score (nSPS) is 27.0. The van der Waals surface area contributed by atoms with Crippen LogP contribution in [0, 0.1) is 19.3 Å². The number of carbonyl (C=O) groups is 1. The van der Waals surface area contributed by atoms with Crippen molar-refractivity contribution in [3.63, 3.8) is 0 Å². The second-order valence-corrected chi connectivity index (χ2v) is 9.06. The van der Waals surface area contributed by atoms with E-state index in [1.165, 1.54) is 16.9 Å². The van der Waals surface area contributed by atoms with E-state index in [-0.39, 0.29) is 11.3 Å². The van der Waals surface area contributed by atoms with Crippen molar-refractivity contribution in [1.82, 2.24) is 15.6 Å². The number of rotatable bonds is 6. The largest absolute Gasteiger partial charge is 0.355 e. The minimum Gasteiger partial charge on any atom is -0.355 e. The summed E-state index contributed by atoms with van der Waals surface area (Å²) in [7, 11) is 0. The molecule has 0 radical (unpaired) electrons. The number of aromatic nitrogens is 1. The molecule has 1 amide bonds. The molecule has 2 bridgehead atoms. The van der Waals surface area contributed by atoms with Gasteiger partial charge in [0.1, 0.15) is 0 Å². The minimum absolute atomic E-state index is 0.214. The monoisotopic (exact) mass is 369 g/mol. The van der Waals surface area contributed by atoms with Crippen LogP contribution in [0.5, 0.6) is 0 Å². The van der Waals surface area contributed by atoms with E-state index in [0.717, 1.165) is 36.4 Å². The Hall–Kier alpha value is -1.72. The molecule has 1 aromatic heterocycles. The summed E-state index contributed by atoms with van der Waals surface area (Å²) >= 11 is 1.74. The average molecular weight is 370 g/mol. The maximum Gasteiger partial charge on any atom is 0.228 e. The zero-order valence-corrected chi connectivity index (χ0v) is 16.4. The quantitative estimate of drug-likeness (QED) is 0.822. The summed E-state index contributed by atoms with van der Waals surface area (Å²) in [6, 6.07) is 11.2. The van der Waals surface area contributed by atoms with Gasteiger partial charge in [-0.05, 0) is 45.1 Å². The molecular weight excluding hydrogens is 342 g/mol. The van der Waals surface area contributed by atoms with Crippen molar-refractivity contribution >= 4 is 17.2 Å². The molecule has 2 N–H and O–H groups in total. The molecule has 0 saturated carbocycles. The van der Waals surface area contributed by atoms with Crippen LogP contribution < -0.4 is 10.6 Å². The molecule has 0 unspecified atom stereocenters. The van der Waals surface area contributed by atoms with E-state index in [1.54, 1.807) is 11.3 Å². The first-order chi connectivity index (χ1) is 12.6. The lowest BCUT2D eigenvalue weighted by Gasteiger charge is -2.35. The van der Waals surface area contributed by atoms with E-state index in [0.29, 0.717) is 18.6 Å². The highest BCUT2D eigenvalue weighted by molar-refractivity contribution is 7.11. The first-order valence-corrected chi connectivity index (χ1v) is 10.4. The molecule has 2 aliphatic heterocycles. The molecule has 1 aromatic carbocycles. The molecule has 0 spiro atoms. The van der Waals surface area contributed by atoms with Crippen molar-refractivity contribution in [2.45, 2.75) is 58.0 Å². The summed E-state index contributed by atoms with van der Waals surface area (Å²) in [6.45, 7) is 4.81. The van der Waals surface area contributed by atoms with Crippen molar-refractivity contribution in [3.05, 3.63) is 51.5 Å². The number of fused-ring (bicyclic) bond motifs is 2. The van der Waals surface area contributed by atoms with Crippen LogP contribution in [0.2, 0.25) is 0 Å². The van der Waals surface area contributed by atoms with Crippen LogP contribution in [0.4, 0.5) is 0 Å². The van der Waals surface area contributed by atoms with Crippen LogP contribution in [0.25, 0.3) is 0 Å². The molecule has 3 atom stereocenters. The molecule has 4 rings (SSSR count). The molecule has 2 aromatic rings. The molecule has 2 fully saturated rings. The number of hydrogen-bond donors (Lipinski definition) is 2. The van der Waals surface area contributed by atoms with Crippen LogP contribution in [0.15, 0.2) is 30.3 Å². The molecular formula is C21H27N3OS. The Morgan fingerprint density at radius 2 is 2.12 bits per heavy atom. The fourth-order valence-electron chi connectivity index (χ4n) is 4.59. The third kappa shape index (κ3) is 3.30. The van der Waals surface area contributed by atoms with Gasteiger partial charge in [-0.25, -0.2) is 4.98 Å². The SMILES string of the molecule is Cc1nc(CCNC(=O)[C@]2(Cc3ccccc3)C[C@@H]3CC[C@H]2N3)sc1C. The standard InChI is InChI=1S/C21H27N3OS/c1-14-15(2)26-19(23-14)10-11-22-20(25)21(12-16-6-4-3-5-7-16)13-17-8-9-18(21)24-17/h3-7,17-18,24H,8-13H2,1-2H3,(H,22,25)/t17-,18+,21+/m0/s1. The number of aryl methyl sites for hydroxylation is 2. The van der Waals surface area contributed by atoms with Crippen LogP contribution in [0.1, 0.15) is 40.4 Å². The predicted octanol–water partition coefficient (Wildman–Crippen LogP) is 3.17. The van der Waals surface area contributed by atoms with Gasteiger partial charge in [0.25, 0.3) is 0 Å². The molecule has 138 valence electrons. The van der Waals surface area contributed by atoms with Crippen molar-refractivity contribution in [3.8, 4) is 0 Å². The van der Waals surface area contributed by atoms with Crippen molar-refractivity contribution < 1.29 is 4.79 Å². The van der Waals surface area contributed by atoms with Gasteiger partial charge in [-0.1, -0.05) is 30.3 Å². The van der Waals surface area contributed by atoms with Crippen molar-refractivity contribution in [2.75, 3.05) is 6.54 Å². The molecule has 5 heteroatoms. The predicted molar refractivity (Wildman–Crippen MR) is 105 cm³/mol. The van der Waals surface area contributed by atoms with E-state index in [2.05, 4.69) is 46.8 Å². The molecule has 26 heavy (non-hydrogen) atoms. The highest BCUT2D eigenvalue weighted by atomic mass is 32.1. The third-order valence-electron chi connectivity index (χ3n) is 6.03. The zero-order valence-electron chi connectivity index (χ0n) is 15.5. The first-order valence-electron chi connectivity index (χ1n) is 9.58. The maximum atomic E-state index is 13.3. The fourth-order valence-corrected chi connectivity index (χ4v) is 5.52. The summed E-state index contributed by atoms with van der Waals surface area (Å²) < 4.78 is 0. The summed E-state index contributed by atoms with van der Waals surface area (Å²) in [5, 5.41) is 8.02. The Bertz CT molecular complexity index is 768. The van der Waals surface area contributed by atoms with Gasteiger partial charge in [0.05, 0.1) is 16.1 Å². The first kappa shape index (κ1) is 17.7. The van der Waals surface area contributed by atoms with Crippen molar-refractivity contribution in [1.29, 1.82) is 0 Å². The molecule has 2 aliphatic rings. The van der Waals surface area contributed by atoms with E-state index in [4.69, 9.17) is 0 Å². The Kier molecular flexibility index (Phi) is 4.84. The third-order valence-corrected chi connectivity index (χ3v) is 7.16. The number of amides is 1. The van der Waals surface area contributed by atoms with Gasteiger partial charge < -0.3 is 10.6 Å². The molecule has 2 saturated heterocycles. The van der Waals surface area contributed by atoms with Gasteiger partial charge in [-0.3, -0.25) is 4.79 Å². The molecule has 4 nitrogen and oxygen atoms in total. The van der Waals surface area contributed by atoms with E-state index < -0.39 is 0 Å². The van der Waals surface area contributed by atoms with Crippen LogP contribution in [0.3, 0.4) is 0 Å². The summed E-state index contributed by atoms with van der Waals surface area (Å²) in [6.07, 6.45) is 4.90. The van der Waals surface area contributed by atoms with E-state index >= 15 is 0 Å².